The van der Waals surface area contributed by atoms with Crippen molar-refractivity contribution in [3.63, 3.8) is 0 Å². The molecule has 0 bridgehead atoms. The number of rotatable bonds is 10. The number of carbonyl (C=O) groups is 2. The Bertz CT molecular complexity index is 1210. The summed E-state index contributed by atoms with van der Waals surface area (Å²) in [6.45, 7) is 8.26. The molecule has 0 aliphatic heterocycles. The fourth-order valence-electron chi connectivity index (χ4n) is 4.05. The van der Waals surface area contributed by atoms with Crippen molar-refractivity contribution in [1.82, 2.24) is 10.2 Å². The first-order chi connectivity index (χ1) is 17.2. The number of aryl methyl sites for hydroxylation is 2. The fourth-order valence-corrected chi connectivity index (χ4v) is 4.37. The molecule has 0 radical (unpaired) electrons. The second kappa shape index (κ2) is 12.8. The first kappa shape index (κ1) is 27.6. The van der Waals surface area contributed by atoms with Crippen molar-refractivity contribution in [2.45, 2.75) is 46.7 Å². The van der Waals surface area contributed by atoms with Crippen LogP contribution in [0.2, 0.25) is 10.0 Å². The predicted octanol–water partition coefficient (Wildman–Crippen LogP) is 6.07. The summed E-state index contributed by atoms with van der Waals surface area (Å²) >= 11 is 12.3. The smallest absolute Gasteiger partial charge is 0.261 e. The lowest BCUT2D eigenvalue weighted by Gasteiger charge is -2.31. The maximum Gasteiger partial charge on any atom is 0.261 e. The van der Waals surface area contributed by atoms with Gasteiger partial charge < -0.3 is 15.0 Å². The molecular formula is C29H32Cl2N2O3. The van der Waals surface area contributed by atoms with E-state index in [0.717, 1.165) is 27.8 Å². The van der Waals surface area contributed by atoms with E-state index in [-0.39, 0.29) is 25.0 Å². The molecule has 0 aliphatic rings. The van der Waals surface area contributed by atoms with Gasteiger partial charge in [0.05, 0.1) is 10.0 Å². The van der Waals surface area contributed by atoms with Crippen LogP contribution in [0.15, 0.2) is 60.7 Å². The molecule has 1 unspecified atom stereocenters. The van der Waals surface area contributed by atoms with Gasteiger partial charge in [-0.15, -0.1) is 0 Å². The van der Waals surface area contributed by atoms with Crippen molar-refractivity contribution in [2.75, 3.05) is 13.2 Å². The van der Waals surface area contributed by atoms with E-state index in [9.17, 15) is 9.59 Å². The molecule has 36 heavy (non-hydrogen) atoms. The Morgan fingerprint density at radius 2 is 1.67 bits per heavy atom. The van der Waals surface area contributed by atoms with Crippen molar-refractivity contribution in [1.29, 1.82) is 0 Å². The van der Waals surface area contributed by atoms with Crippen molar-refractivity contribution >= 4 is 35.0 Å². The fraction of sp³-hybridized carbons (Fsp3) is 0.310. The van der Waals surface area contributed by atoms with Crippen LogP contribution in [0.3, 0.4) is 0 Å². The molecule has 0 spiro atoms. The Kier molecular flexibility index (Phi) is 9.80. The first-order valence-electron chi connectivity index (χ1n) is 11.9. The van der Waals surface area contributed by atoms with Crippen LogP contribution in [0.1, 0.15) is 34.7 Å². The van der Waals surface area contributed by atoms with Gasteiger partial charge in [-0.05, 0) is 73.7 Å². The SMILES string of the molecule is CCNC(=O)C(Cc1ccccc1)N(Cc1ccc(Cl)c(Cl)c1)C(=O)COc1cc(C)cc(C)c1C. The number of benzene rings is 3. The maximum atomic E-state index is 13.7. The third-order valence-electron chi connectivity index (χ3n) is 6.07. The van der Waals surface area contributed by atoms with Crippen molar-refractivity contribution in [2.24, 2.45) is 0 Å². The van der Waals surface area contributed by atoms with Crippen molar-refractivity contribution < 1.29 is 14.3 Å². The molecule has 3 aromatic carbocycles. The van der Waals surface area contributed by atoms with E-state index in [1.165, 1.54) is 0 Å². The molecule has 0 saturated heterocycles. The van der Waals surface area contributed by atoms with Gasteiger partial charge in [0.25, 0.3) is 5.91 Å². The number of nitrogens with one attached hydrogen (secondary N) is 1. The third kappa shape index (κ3) is 7.25. The van der Waals surface area contributed by atoms with Crippen LogP contribution in [0.5, 0.6) is 5.75 Å². The highest BCUT2D eigenvalue weighted by molar-refractivity contribution is 6.42. The molecular weight excluding hydrogens is 495 g/mol. The maximum absolute atomic E-state index is 13.7. The summed E-state index contributed by atoms with van der Waals surface area (Å²) in [7, 11) is 0. The molecule has 0 aliphatic carbocycles. The molecule has 7 heteroatoms. The number of hydrogen-bond acceptors (Lipinski definition) is 3. The molecule has 190 valence electrons. The summed E-state index contributed by atoms with van der Waals surface area (Å²) in [5.74, 6) is 0.136. The van der Waals surface area contributed by atoms with Gasteiger partial charge in [0.2, 0.25) is 5.91 Å². The number of hydrogen-bond donors (Lipinski definition) is 1. The second-order valence-electron chi connectivity index (χ2n) is 8.86. The van der Waals surface area contributed by atoms with E-state index >= 15 is 0 Å². The largest absolute Gasteiger partial charge is 0.483 e. The molecule has 1 N–H and O–H groups in total. The first-order valence-corrected chi connectivity index (χ1v) is 12.7. The van der Waals surface area contributed by atoms with Crippen molar-refractivity contribution in [3.8, 4) is 5.75 Å². The molecule has 3 aromatic rings. The van der Waals surface area contributed by atoms with Crippen LogP contribution in [-0.2, 0) is 22.6 Å². The van der Waals surface area contributed by atoms with E-state index < -0.39 is 6.04 Å². The zero-order valence-corrected chi connectivity index (χ0v) is 22.6. The minimum Gasteiger partial charge on any atom is -0.483 e. The van der Waals surface area contributed by atoms with Crippen LogP contribution >= 0.6 is 23.2 Å². The van der Waals surface area contributed by atoms with E-state index in [4.69, 9.17) is 27.9 Å². The van der Waals surface area contributed by atoms with Gasteiger partial charge in [-0.25, -0.2) is 0 Å². The molecule has 5 nitrogen and oxygen atoms in total. The number of amides is 2. The van der Waals surface area contributed by atoms with E-state index in [1.807, 2.05) is 64.1 Å². The lowest BCUT2D eigenvalue weighted by molar-refractivity contribution is -0.142. The molecule has 0 heterocycles. The number of carbonyl (C=O) groups excluding carboxylic acids is 2. The summed E-state index contributed by atoms with van der Waals surface area (Å²) in [6.07, 6.45) is 0.363. The topological polar surface area (TPSA) is 58.6 Å². The van der Waals surface area contributed by atoms with Crippen molar-refractivity contribution in [3.05, 3.63) is 98.5 Å². The Morgan fingerprint density at radius 3 is 2.33 bits per heavy atom. The van der Waals surface area contributed by atoms with E-state index in [2.05, 4.69) is 11.4 Å². The zero-order chi connectivity index (χ0) is 26.2. The highest BCUT2D eigenvalue weighted by atomic mass is 35.5. The minimum absolute atomic E-state index is 0.180. The Morgan fingerprint density at radius 1 is 0.944 bits per heavy atom. The minimum atomic E-state index is -0.738. The normalized spacial score (nSPS) is 11.6. The average molecular weight is 527 g/mol. The molecule has 2 amide bonds. The lowest BCUT2D eigenvalue weighted by atomic mass is 10.0. The highest BCUT2D eigenvalue weighted by Crippen LogP contribution is 2.26. The average Bonchev–Trinajstić information content (AvgIpc) is 2.85. The van der Waals surface area contributed by atoms with Gasteiger partial charge in [0.15, 0.2) is 6.61 Å². The summed E-state index contributed by atoms with van der Waals surface area (Å²) in [4.78, 5) is 28.5. The third-order valence-corrected chi connectivity index (χ3v) is 6.81. The van der Waals surface area contributed by atoms with Crippen LogP contribution in [-0.4, -0.2) is 35.9 Å². The molecule has 0 aromatic heterocycles. The summed E-state index contributed by atoms with van der Waals surface area (Å²) in [6, 6.07) is 18.1. The number of halogens is 2. The van der Waals surface area contributed by atoms with E-state index in [0.29, 0.717) is 28.8 Å². The molecule has 0 saturated carbocycles. The highest BCUT2D eigenvalue weighted by Gasteiger charge is 2.30. The second-order valence-corrected chi connectivity index (χ2v) is 9.68. The number of ether oxygens (including phenoxy) is 1. The van der Waals surface area contributed by atoms with Gasteiger partial charge in [-0.2, -0.15) is 0 Å². The monoisotopic (exact) mass is 526 g/mol. The predicted molar refractivity (Wildman–Crippen MR) is 146 cm³/mol. The van der Waals surface area contributed by atoms with Gasteiger partial charge in [-0.3, -0.25) is 9.59 Å². The Balaban J connectivity index is 1.94. The molecule has 0 fully saturated rings. The summed E-state index contributed by atoms with van der Waals surface area (Å²) < 4.78 is 5.99. The lowest BCUT2D eigenvalue weighted by Crippen LogP contribution is -2.51. The standard InChI is InChI=1S/C29H32Cl2N2O3/c1-5-32-29(35)26(16-22-9-7-6-8-10-22)33(17-23-11-12-24(30)25(31)15-23)28(34)18-36-27-14-19(2)13-20(3)21(27)4/h6-15,26H,5,16-18H2,1-4H3,(H,32,35). The van der Waals surface area contributed by atoms with Crippen LogP contribution < -0.4 is 10.1 Å². The van der Waals surface area contributed by atoms with Gasteiger partial charge >= 0.3 is 0 Å². The van der Waals surface area contributed by atoms with Gasteiger partial charge in [-0.1, -0.05) is 65.7 Å². The van der Waals surface area contributed by atoms with Gasteiger partial charge in [0.1, 0.15) is 11.8 Å². The van der Waals surface area contributed by atoms with Crippen LogP contribution in [0.25, 0.3) is 0 Å². The zero-order valence-electron chi connectivity index (χ0n) is 21.1. The number of nitrogens with zero attached hydrogens (tertiary/aromatic N) is 1. The van der Waals surface area contributed by atoms with Gasteiger partial charge in [0, 0.05) is 19.5 Å². The molecule has 3 rings (SSSR count). The summed E-state index contributed by atoms with van der Waals surface area (Å²) in [5.41, 5.74) is 4.84. The van der Waals surface area contributed by atoms with E-state index in [1.54, 1.807) is 23.1 Å². The quantitative estimate of drug-likeness (QED) is 0.348. The van der Waals surface area contributed by atoms with Crippen LogP contribution in [0.4, 0.5) is 0 Å². The Hall–Kier alpha value is -3.02. The number of likely N-dealkylation sites (N-methyl/N-ethyl adjacent to an activating group) is 1. The summed E-state index contributed by atoms with van der Waals surface area (Å²) in [5, 5.41) is 3.70. The van der Waals surface area contributed by atoms with Crippen LogP contribution in [0, 0.1) is 20.8 Å². The Labute approximate surface area is 223 Å². The molecule has 1 atom stereocenters.